The van der Waals surface area contributed by atoms with Crippen molar-refractivity contribution in [1.29, 1.82) is 0 Å². The topological polar surface area (TPSA) is 35.5 Å². The van der Waals surface area contributed by atoms with Crippen molar-refractivity contribution < 1.29 is 14.0 Å². The van der Waals surface area contributed by atoms with Gasteiger partial charge in [-0.15, -0.1) is 0 Å². The quantitative estimate of drug-likeness (QED) is 0.107. The highest BCUT2D eigenvalue weighted by Crippen LogP contribution is 2.48. The number of hydrogen-bond acceptors (Lipinski definition) is 3. The van der Waals surface area contributed by atoms with Gasteiger partial charge < -0.3 is 9.16 Å². The smallest absolute Gasteiger partial charge is 0.311 e. The molecule has 0 spiro atoms. The molecule has 2 aromatic carbocycles. The summed E-state index contributed by atoms with van der Waals surface area (Å²) in [6, 6.07) is 22.0. The van der Waals surface area contributed by atoms with E-state index < -0.39 is 13.7 Å². The Morgan fingerprint density at radius 1 is 0.780 bits per heavy atom. The molecule has 0 amide bonds. The third kappa shape index (κ3) is 9.82. The summed E-state index contributed by atoms with van der Waals surface area (Å²) in [7, 11) is -2.43. The summed E-state index contributed by atoms with van der Waals surface area (Å²) in [5, 5.41) is 2.79. The Morgan fingerprint density at radius 2 is 1.29 bits per heavy atom. The van der Waals surface area contributed by atoms with Gasteiger partial charge in [-0.3, -0.25) is 4.79 Å². The van der Waals surface area contributed by atoms with Gasteiger partial charge in [-0.1, -0.05) is 133 Å². The van der Waals surface area contributed by atoms with Crippen molar-refractivity contribution in [2.45, 2.75) is 118 Å². The van der Waals surface area contributed by atoms with E-state index in [0.29, 0.717) is 6.61 Å². The van der Waals surface area contributed by atoms with E-state index in [9.17, 15) is 4.79 Å². The average molecular weight is 579 g/mol. The van der Waals surface area contributed by atoms with Crippen LogP contribution in [0.4, 0.5) is 0 Å². The van der Waals surface area contributed by atoms with Crippen LogP contribution < -0.4 is 10.4 Å². The highest BCUT2D eigenvalue weighted by atomic mass is 28.4. The first-order chi connectivity index (χ1) is 19.5. The molecule has 2 aromatic rings. The first-order valence-electron chi connectivity index (χ1n) is 16.4. The standard InChI is InChI=1S/C37H58O3Si/c1-30(34-29-31(34)21-15-11-9-8-10-12-20-27-39-35(38)36(2,3)4)26-28-40-41(37(5,6)7,32-22-16-13-17-23-32)33-24-18-14-19-25-33/h13-14,16-19,22-25,30-31,34H,8-12,15,20-21,26-29H2,1-7H3/t30-,31-,34+/m0/s1. The molecule has 1 saturated carbocycles. The molecular weight excluding hydrogens is 520 g/mol. The van der Waals surface area contributed by atoms with Crippen LogP contribution in [0.1, 0.15) is 113 Å². The highest BCUT2D eigenvalue weighted by Gasteiger charge is 2.50. The maximum absolute atomic E-state index is 11.8. The van der Waals surface area contributed by atoms with E-state index in [1.807, 2.05) is 20.8 Å². The molecule has 0 heterocycles. The fourth-order valence-electron chi connectivity index (χ4n) is 6.45. The van der Waals surface area contributed by atoms with Gasteiger partial charge >= 0.3 is 5.97 Å². The summed E-state index contributed by atoms with van der Waals surface area (Å²) in [5.41, 5.74) is -0.392. The highest BCUT2D eigenvalue weighted by molar-refractivity contribution is 6.99. The number of ether oxygens (including phenoxy) is 1. The van der Waals surface area contributed by atoms with Crippen molar-refractivity contribution in [2.24, 2.45) is 23.2 Å². The lowest BCUT2D eigenvalue weighted by Crippen LogP contribution is -2.66. The molecule has 228 valence electrons. The molecule has 41 heavy (non-hydrogen) atoms. The van der Waals surface area contributed by atoms with Gasteiger partial charge in [0, 0.05) is 6.61 Å². The van der Waals surface area contributed by atoms with Gasteiger partial charge in [-0.05, 0) is 73.2 Å². The largest absolute Gasteiger partial charge is 0.465 e. The molecule has 0 radical (unpaired) electrons. The summed E-state index contributed by atoms with van der Waals surface area (Å²) in [6.07, 6.45) is 12.7. The van der Waals surface area contributed by atoms with E-state index in [-0.39, 0.29) is 11.0 Å². The van der Waals surface area contributed by atoms with Gasteiger partial charge in [-0.25, -0.2) is 0 Å². The fourth-order valence-corrected chi connectivity index (χ4v) is 11.0. The maximum atomic E-state index is 11.8. The Bertz CT molecular complexity index is 982. The SMILES string of the molecule is C[C@@H](CCO[Si](c1ccccc1)(c1ccccc1)C(C)(C)C)[C@H]1C[C@@H]1CCCCCCCCCOC(=O)C(C)(C)C. The zero-order chi connectivity index (χ0) is 29.9. The van der Waals surface area contributed by atoms with Crippen LogP contribution in [0.5, 0.6) is 0 Å². The molecule has 0 aliphatic heterocycles. The molecule has 0 aromatic heterocycles. The van der Waals surface area contributed by atoms with Gasteiger partial charge in [0.05, 0.1) is 12.0 Å². The number of benzene rings is 2. The van der Waals surface area contributed by atoms with Crippen molar-refractivity contribution in [3.63, 3.8) is 0 Å². The molecule has 0 saturated heterocycles. The van der Waals surface area contributed by atoms with E-state index in [0.717, 1.165) is 43.6 Å². The lowest BCUT2D eigenvalue weighted by molar-refractivity contribution is -0.153. The number of unbranched alkanes of at least 4 members (excludes halogenated alkanes) is 6. The molecule has 3 atom stereocenters. The van der Waals surface area contributed by atoms with Crippen molar-refractivity contribution in [3.8, 4) is 0 Å². The first kappa shape index (κ1) is 33.6. The Morgan fingerprint density at radius 3 is 1.80 bits per heavy atom. The normalized spacial score (nSPS) is 18.2. The number of esters is 1. The van der Waals surface area contributed by atoms with E-state index in [1.165, 1.54) is 55.3 Å². The molecule has 0 bridgehead atoms. The zero-order valence-electron chi connectivity index (χ0n) is 27.2. The molecule has 1 aliphatic carbocycles. The molecular formula is C37H58O3Si. The summed E-state index contributed by atoms with van der Waals surface area (Å²) in [6.45, 7) is 16.7. The van der Waals surface area contributed by atoms with Crippen molar-refractivity contribution in [2.75, 3.05) is 13.2 Å². The molecule has 3 rings (SSSR count). The minimum Gasteiger partial charge on any atom is -0.465 e. The molecule has 1 fully saturated rings. The summed E-state index contributed by atoms with van der Waals surface area (Å²) >= 11 is 0. The third-order valence-corrected chi connectivity index (χ3v) is 14.1. The van der Waals surface area contributed by atoms with Gasteiger partial charge in [0.2, 0.25) is 0 Å². The van der Waals surface area contributed by atoms with E-state index >= 15 is 0 Å². The second kappa shape index (κ2) is 15.5. The Labute approximate surface area is 252 Å². The average Bonchev–Trinajstić information content (AvgIpc) is 3.71. The number of rotatable bonds is 17. The van der Waals surface area contributed by atoms with E-state index in [4.69, 9.17) is 9.16 Å². The van der Waals surface area contributed by atoms with Crippen LogP contribution >= 0.6 is 0 Å². The Kier molecular flexibility index (Phi) is 12.7. The van der Waals surface area contributed by atoms with Gasteiger partial charge in [0.15, 0.2) is 0 Å². The van der Waals surface area contributed by atoms with Crippen LogP contribution in [0.15, 0.2) is 60.7 Å². The molecule has 3 nitrogen and oxygen atoms in total. The molecule has 0 unspecified atom stereocenters. The summed E-state index contributed by atoms with van der Waals surface area (Å²) < 4.78 is 12.5. The number of carbonyl (C=O) groups excluding carboxylic acids is 1. The Hall–Kier alpha value is -1.91. The van der Waals surface area contributed by atoms with Crippen molar-refractivity contribution >= 4 is 24.7 Å². The van der Waals surface area contributed by atoms with Crippen LogP contribution in [0.2, 0.25) is 5.04 Å². The van der Waals surface area contributed by atoms with E-state index in [1.54, 1.807) is 0 Å². The third-order valence-electron chi connectivity index (χ3n) is 9.08. The predicted molar refractivity (Wildman–Crippen MR) is 176 cm³/mol. The van der Waals surface area contributed by atoms with Crippen LogP contribution in [0, 0.1) is 23.2 Å². The van der Waals surface area contributed by atoms with Crippen molar-refractivity contribution in [1.82, 2.24) is 0 Å². The Balaban J connectivity index is 1.35. The van der Waals surface area contributed by atoms with Crippen LogP contribution in [0.3, 0.4) is 0 Å². The molecule has 4 heteroatoms. The molecule has 1 aliphatic rings. The summed E-state index contributed by atoms with van der Waals surface area (Å²) in [4.78, 5) is 11.8. The van der Waals surface area contributed by atoms with Crippen molar-refractivity contribution in [3.05, 3.63) is 60.7 Å². The van der Waals surface area contributed by atoms with Gasteiger partial charge in [0.25, 0.3) is 8.32 Å². The van der Waals surface area contributed by atoms with Crippen LogP contribution in [-0.2, 0) is 14.0 Å². The number of carbonyl (C=O) groups is 1. The van der Waals surface area contributed by atoms with Crippen LogP contribution in [0.25, 0.3) is 0 Å². The predicted octanol–water partition coefficient (Wildman–Crippen LogP) is 8.94. The van der Waals surface area contributed by atoms with Crippen LogP contribution in [-0.4, -0.2) is 27.5 Å². The maximum Gasteiger partial charge on any atom is 0.311 e. The number of hydrogen-bond donors (Lipinski definition) is 0. The van der Waals surface area contributed by atoms with Gasteiger partial charge in [-0.2, -0.15) is 0 Å². The minimum atomic E-state index is -2.43. The molecule has 0 N–H and O–H groups in total. The lowest BCUT2D eigenvalue weighted by atomic mass is 9.97. The van der Waals surface area contributed by atoms with E-state index in [2.05, 4.69) is 88.4 Å². The van der Waals surface area contributed by atoms with Gasteiger partial charge in [0.1, 0.15) is 0 Å². The first-order valence-corrected chi connectivity index (χ1v) is 18.3. The summed E-state index contributed by atoms with van der Waals surface area (Å²) in [5.74, 6) is 2.45. The fraction of sp³-hybridized carbons (Fsp3) is 0.649. The minimum absolute atomic E-state index is 0.0418. The zero-order valence-corrected chi connectivity index (χ0v) is 28.2. The second-order valence-corrected chi connectivity index (χ2v) is 18.9. The lowest BCUT2D eigenvalue weighted by Gasteiger charge is -2.43. The second-order valence-electron chi connectivity index (χ2n) is 14.6. The monoisotopic (exact) mass is 578 g/mol.